The smallest absolute Gasteiger partial charge is 0.338 e. The third-order valence-electron chi connectivity index (χ3n) is 9.80. The highest BCUT2D eigenvalue weighted by atomic mass is 19.1. The highest BCUT2D eigenvalue weighted by molar-refractivity contribution is 5.94. The number of benzene rings is 3. The van der Waals surface area contributed by atoms with Crippen LogP contribution >= 0.6 is 0 Å². The lowest BCUT2D eigenvalue weighted by atomic mass is 9.92. The summed E-state index contributed by atoms with van der Waals surface area (Å²) in [6.07, 6.45) is 9.14. The fourth-order valence-corrected chi connectivity index (χ4v) is 5.92. The van der Waals surface area contributed by atoms with E-state index in [9.17, 15) is 33.6 Å². The molecule has 16 heteroatoms. The van der Waals surface area contributed by atoms with Crippen LogP contribution in [0.2, 0.25) is 0 Å². The predicted molar refractivity (Wildman–Crippen MR) is 249 cm³/mol. The van der Waals surface area contributed by atoms with Gasteiger partial charge in [0.2, 0.25) is 0 Å². The first-order valence-electron chi connectivity index (χ1n) is 21.5. The Morgan fingerprint density at radius 2 is 1.04 bits per heavy atom. The standard InChI is InChI=1S/C52H57FO15/c1-10-11-12-13-14-15-36-16-21-39(42(53)26-36)41-28-43(67-50(59)34(4)5)40(27-44(41)68-51(60)35(6)7)37-17-19-38(20-18-37)63-29-52(32-66-49(58)33(2)3,30-64-47(56)24-22-45(54)61-8)31-65-48(57)25-23-46(55)62-9/h16-28H,2,4,6,10-15,29-32H2,1,3,5,7-9H3/b24-22+,25-23+. The molecule has 3 aromatic carbocycles. The zero-order valence-corrected chi connectivity index (χ0v) is 39.2. The van der Waals surface area contributed by atoms with Gasteiger partial charge in [0.05, 0.1) is 14.2 Å². The fourth-order valence-electron chi connectivity index (χ4n) is 5.92. The largest absolute Gasteiger partial charge is 0.493 e. The molecule has 0 aliphatic heterocycles. The van der Waals surface area contributed by atoms with Gasteiger partial charge in [-0.05, 0) is 75.1 Å². The lowest BCUT2D eigenvalue weighted by Crippen LogP contribution is -2.44. The van der Waals surface area contributed by atoms with Crippen LogP contribution in [0, 0.1) is 11.2 Å². The van der Waals surface area contributed by atoms with Crippen LogP contribution in [0.1, 0.15) is 65.4 Å². The SMILES string of the molecule is C=C(C)C(=O)OCC(COC(=O)/C=C/C(=O)OC)(COC(=O)/C=C/C(=O)OC)COc1ccc(-c2cc(OC(=O)C(=C)C)c(-c3ccc(CCCCCCC)cc3F)cc2OC(=O)C(=C)C)cc1. The molecule has 15 nitrogen and oxygen atoms in total. The molecule has 0 saturated carbocycles. The number of halogens is 1. The number of esters is 7. The molecule has 0 amide bonds. The van der Waals surface area contributed by atoms with E-state index in [4.69, 9.17) is 28.4 Å². The zero-order valence-electron chi connectivity index (χ0n) is 39.2. The molecule has 362 valence electrons. The Hall–Kier alpha value is -7.62. The van der Waals surface area contributed by atoms with E-state index in [0.717, 1.165) is 76.2 Å². The maximum atomic E-state index is 16.0. The highest BCUT2D eigenvalue weighted by Crippen LogP contribution is 2.43. The van der Waals surface area contributed by atoms with E-state index in [-0.39, 0.29) is 50.7 Å². The molecule has 0 radical (unpaired) electrons. The Kier molecular flexibility index (Phi) is 21.8. The summed E-state index contributed by atoms with van der Waals surface area (Å²) in [6.45, 7) is 15.2. The van der Waals surface area contributed by atoms with Crippen molar-refractivity contribution < 1.29 is 75.8 Å². The lowest BCUT2D eigenvalue weighted by Gasteiger charge is -2.31. The average molecular weight is 941 g/mol. The molecule has 0 aromatic heterocycles. The number of rotatable bonds is 26. The monoisotopic (exact) mass is 940 g/mol. The van der Waals surface area contributed by atoms with Crippen molar-refractivity contribution in [3.05, 3.63) is 127 Å². The fraction of sp³-hybridized carbons (Fsp3) is 0.327. The number of hydrogen-bond acceptors (Lipinski definition) is 15. The topological polar surface area (TPSA) is 193 Å². The van der Waals surface area contributed by atoms with Crippen molar-refractivity contribution in [1.29, 1.82) is 0 Å². The van der Waals surface area contributed by atoms with Crippen molar-refractivity contribution in [2.45, 2.75) is 66.2 Å². The summed E-state index contributed by atoms with van der Waals surface area (Å²) in [5, 5.41) is 0. The van der Waals surface area contributed by atoms with Crippen LogP contribution in [0.4, 0.5) is 4.39 Å². The van der Waals surface area contributed by atoms with Gasteiger partial charge >= 0.3 is 41.8 Å². The van der Waals surface area contributed by atoms with Crippen molar-refractivity contribution in [2.24, 2.45) is 5.41 Å². The van der Waals surface area contributed by atoms with Crippen molar-refractivity contribution in [3.63, 3.8) is 0 Å². The Labute approximate surface area is 395 Å². The first kappa shape index (κ1) is 54.7. The van der Waals surface area contributed by atoms with Gasteiger partial charge in [0.15, 0.2) is 0 Å². The predicted octanol–water partition coefficient (Wildman–Crippen LogP) is 8.66. The number of hydrogen-bond donors (Lipinski definition) is 0. The molecule has 0 spiro atoms. The van der Waals surface area contributed by atoms with Gasteiger partial charge in [0.1, 0.15) is 54.9 Å². The number of aryl methyl sites for hydroxylation is 1. The van der Waals surface area contributed by atoms with E-state index in [1.54, 1.807) is 24.3 Å². The van der Waals surface area contributed by atoms with Gasteiger partial charge in [0.25, 0.3) is 0 Å². The van der Waals surface area contributed by atoms with Crippen molar-refractivity contribution in [1.82, 2.24) is 0 Å². The summed E-state index contributed by atoms with van der Waals surface area (Å²) in [4.78, 5) is 87.1. The van der Waals surface area contributed by atoms with E-state index in [2.05, 4.69) is 36.1 Å². The molecular weight excluding hydrogens is 884 g/mol. The van der Waals surface area contributed by atoms with E-state index in [1.165, 1.54) is 51.1 Å². The van der Waals surface area contributed by atoms with E-state index >= 15 is 4.39 Å². The van der Waals surface area contributed by atoms with Gasteiger partial charge in [-0.1, -0.05) is 76.6 Å². The minimum absolute atomic E-state index is 0.0249. The van der Waals surface area contributed by atoms with Crippen LogP contribution in [0.15, 0.2) is 115 Å². The molecule has 0 aliphatic carbocycles. The van der Waals surface area contributed by atoms with Crippen LogP contribution in [-0.2, 0) is 63.7 Å². The Balaban J connectivity index is 2.11. The molecule has 0 N–H and O–H groups in total. The third-order valence-corrected chi connectivity index (χ3v) is 9.80. The summed E-state index contributed by atoms with van der Waals surface area (Å²) in [5.41, 5.74) is 0.175. The van der Waals surface area contributed by atoms with Crippen LogP contribution in [-0.4, -0.2) is 82.4 Å². The maximum Gasteiger partial charge on any atom is 0.338 e. The second-order valence-corrected chi connectivity index (χ2v) is 15.8. The Morgan fingerprint density at radius 1 is 0.559 bits per heavy atom. The van der Waals surface area contributed by atoms with E-state index in [0.29, 0.717) is 12.0 Å². The van der Waals surface area contributed by atoms with Gasteiger partial charge in [0, 0.05) is 57.7 Å². The number of methoxy groups -OCH3 is 2. The van der Waals surface area contributed by atoms with Gasteiger partial charge in [-0.3, -0.25) is 0 Å². The van der Waals surface area contributed by atoms with Crippen LogP contribution in [0.3, 0.4) is 0 Å². The molecule has 3 aromatic rings. The Bertz CT molecular complexity index is 2380. The van der Waals surface area contributed by atoms with Gasteiger partial charge in [-0.2, -0.15) is 0 Å². The number of carbonyl (C=O) groups is 7. The zero-order chi connectivity index (χ0) is 50.4. The van der Waals surface area contributed by atoms with Crippen molar-refractivity contribution in [2.75, 3.05) is 40.6 Å². The summed E-state index contributed by atoms with van der Waals surface area (Å²) >= 11 is 0. The summed E-state index contributed by atoms with van der Waals surface area (Å²) in [7, 11) is 2.22. The van der Waals surface area contributed by atoms with Gasteiger partial charge in [-0.15, -0.1) is 0 Å². The molecule has 68 heavy (non-hydrogen) atoms. The summed E-state index contributed by atoms with van der Waals surface area (Å²) in [6, 6.07) is 13.8. The van der Waals surface area contributed by atoms with Crippen molar-refractivity contribution >= 4 is 41.8 Å². The van der Waals surface area contributed by atoms with Crippen LogP contribution in [0.5, 0.6) is 17.2 Å². The van der Waals surface area contributed by atoms with Crippen molar-refractivity contribution in [3.8, 4) is 39.5 Å². The molecular formula is C52H57FO15. The van der Waals surface area contributed by atoms with Crippen LogP contribution in [0.25, 0.3) is 22.3 Å². The van der Waals surface area contributed by atoms with Gasteiger partial charge in [-0.25, -0.2) is 38.0 Å². The highest BCUT2D eigenvalue weighted by Gasteiger charge is 2.37. The molecule has 0 heterocycles. The molecule has 0 fully saturated rings. The lowest BCUT2D eigenvalue weighted by molar-refractivity contribution is -0.159. The summed E-state index contributed by atoms with van der Waals surface area (Å²) in [5.74, 6) is -6.60. The first-order chi connectivity index (χ1) is 32.3. The minimum Gasteiger partial charge on any atom is -0.493 e. The average Bonchev–Trinajstić information content (AvgIpc) is 3.32. The van der Waals surface area contributed by atoms with E-state index < -0.39 is 79.4 Å². The second kappa shape index (κ2) is 27.1. The quantitative estimate of drug-likeness (QED) is 0.0244. The molecule has 0 bridgehead atoms. The number of ether oxygens (including phenoxy) is 8. The maximum absolute atomic E-state index is 16.0. The molecule has 0 unspecified atom stereocenters. The molecule has 3 rings (SSSR count). The minimum atomic E-state index is -1.63. The molecule has 0 saturated heterocycles. The normalized spacial score (nSPS) is 11.0. The molecule has 0 atom stereocenters. The first-order valence-corrected chi connectivity index (χ1v) is 21.5. The van der Waals surface area contributed by atoms with E-state index in [1.807, 2.05) is 0 Å². The van der Waals surface area contributed by atoms with Crippen LogP contribution < -0.4 is 14.2 Å². The number of unbranched alkanes of at least 4 members (excludes halogenated alkanes) is 4. The van der Waals surface area contributed by atoms with Gasteiger partial charge < -0.3 is 37.9 Å². The Morgan fingerprint density at radius 3 is 1.54 bits per heavy atom. The second-order valence-electron chi connectivity index (χ2n) is 15.8. The summed E-state index contributed by atoms with van der Waals surface area (Å²) < 4.78 is 58.9. The third kappa shape index (κ3) is 17.6. The number of carbonyl (C=O) groups excluding carboxylic acids is 7. The molecule has 0 aliphatic rings.